The normalized spacial score (nSPS) is 11.6. The number of carboxylic acid groups (broad SMARTS) is 1. The summed E-state index contributed by atoms with van der Waals surface area (Å²) < 4.78 is 5.18. The quantitative estimate of drug-likeness (QED) is 0.393. The fraction of sp³-hybridized carbons (Fsp3) is 0.889. The molecular weight excluding hydrogens is 310 g/mol. The summed E-state index contributed by atoms with van der Waals surface area (Å²) in [6.45, 7) is 11.4. The van der Waals surface area contributed by atoms with Crippen molar-refractivity contribution in [2.24, 2.45) is 0 Å². The smallest absolute Gasteiger partial charge is 0.332 e. The molecule has 0 saturated heterocycles. The zero-order valence-corrected chi connectivity index (χ0v) is 15.9. The maximum Gasteiger partial charge on any atom is 0.332 e. The summed E-state index contributed by atoms with van der Waals surface area (Å²) >= 11 is 0. The van der Waals surface area contributed by atoms with Crippen LogP contribution in [0, 0.1) is 0 Å². The van der Waals surface area contributed by atoms with Crippen molar-refractivity contribution in [3.05, 3.63) is 0 Å². The van der Waals surface area contributed by atoms with Crippen LogP contribution in [0.3, 0.4) is 0 Å². The van der Waals surface area contributed by atoms with Crippen molar-refractivity contribution in [2.45, 2.75) is 78.7 Å². The van der Waals surface area contributed by atoms with Crippen molar-refractivity contribution in [3.63, 3.8) is 0 Å². The summed E-state index contributed by atoms with van der Waals surface area (Å²) in [4.78, 5) is 23.4. The average molecular weight is 347 g/mol. The summed E-state index contributed by atoms with van der Waals surface area (Å²) in [5.74, 6) is -1.23. The molecule has 0 bridgehead atoms. The molecule has 1 atom stereocenters. The highest BCUT2D eigenvalue weighted by atomic mass is 16.5. The number of rotatable bonds is 13. The lowest BCUT2D eigenvalue weighted by molar-refractivity contribution is -0.145. The topological polar surface area (TPSA) is 87.1 Å². The number of unbranched alkanes of at least 4 members (excludes halogenated alkanes) is 3. The number of hydrogen-bond donors (Lipinski definition) is 2. The number of ether oxygens (including phenoxy) is 1. The van der Waals surface area contributed by atoms with Gasteiger partial charge in [0.1, 0.15) is 6.10 Å². The molecule has 0 radical (unpaired) electrons. The lowest BCUT2D eigenvalue weighted by atomic mass is 10.2. The number of hydrogen-bond acceptors (Lipinski definition) is 5. The Morgan fingerprint density at radius 2 is 1.42 bits per heavy atom. The van der Waals surface area contributed by atoms with E-state index >= 15 is 0 Å². The molecule has 0 amide bonds. The second-order valence-corrected chi connectivity index (χ2v) is 5.89. The molecule has 1 unspecified atom stereocenters. The van der Waals surface area contributed by atoms with Crippen LogP contribution >= 0.6 is 0 Å². The number of nitrogens with zero attached hydrogens (tertiary/aromatic N) is 1. The summed E-state index contributed by atoms with van der Waals surface area (Å²) in [5, 5.41) is 15.8. The predicted molar refractivity (Wildman–Crippen MR) is 96.1 cm³/mol. The first kappa shape index (κ1) is 25.1. The molecule has 0 aliphatic rings. The number of carbonyl (C=O) groups excluding carboxylic acids is 1. The third-order valence-electron chi connectivity index (χ3n) is 3.41. The highest BCUT2D eigenvalue weighted by molar-refractivity contribution is 5.71. The van der Waals surface area contributed by atoms with E-state index in [0.29, 0.717) is 13.0 Å². The number of esters is 1. The molecule has 24 heavy (non-hydrogen) atoms. The Morgan fingerprint density at radius 1 is 0.958 bits per heavy atom. The molecule has 6 nitrogen and oxygen atoms in total. The van der Waals surface area contributed by atoms with Crippen LogP contribution in [0.4, 0.5) is 0 Å². The van der Waals surface area contributed by atoms with Crippen LogP contribution in [-0.2, 0) is 14.3 Å². The van der Waals surface area contributed by atoms with Crippen LogP contribution in [0.5, 0.6) is 0 Å². The number of carbonyl (C=O) groups is 2. The van der Waals surface area contributed by atoms with Gasteiger partial charge in [0.2, 0.25) is 0 Å². The Kier molecular flexibility index (Phi) is 19.0. The van der Waals surface area contributed by atoms with Crippen LogP contribution < -0.4 is 0 Å². The summed E-state index contributed by atoms with van der Waals surface area (Å²) in [6, 6.07) is 0. The van der Waals surface area contributed by atoms with E-state index in [1.165, 1.54) is 32.6 Å². The Hall–Kier alpha value is -1.14. The van der Waals surface area contributed by atoms with Gasteiger partial charge in [-0.05, 0) is 39.3 Å². The van der Waals surface area contributed by atoms with Gasteiger partial charge in [-0.15, -0.1) is 0 Å². The molecule has 2 N–H and O–H groups in total. The first-order chi connectivity index (χ1) is 11.4. The first-order valence-corrected chi connectivity index (χ1v) is 9.17. The molecular formula is C18H37NO5. The highest BCUT2D eigenvalue weighted by Gasteiger charge is 2.08. The fourth-order valence-corrected chi connectivity index (χ4v) is 1.75. The molecule has 0 aromatic heterocycles. The third kappa shape index (κ3) is 18.9. The van der Waals surface area contributed by atoms with Crippen LogP contribution in [-0.4, -0.2) is 59.4 Å². The van der Waals surface area contributed by atoms with Crippen LogP contribution in [0.15, 0.2) is 0 Å². The van der Waals surface area contributed by atoms with E-state index in [0.717, 1.165) is 32.5 Å². The van der Waals surface area contributed by atoms with Gasteiger partial charge in [0.15, 0.2) is 0 Å². The maximum absolute atomic E-state index is 11.5. The molecule has 0 aliphatic heterocycles. The van der Waals surface area contributed by atoms with E-state index in [1.807, 2.05) is 0 Å². The van der Waals surface area contributed by atoms with Gasteiger partial charge in [-0.3, -0.25) is 4.79 Å². The van der Waals surface area contributed by atoms with E-state index in [1.54, 1.807) is 0 Å². The SMILES string of the molecule is CC(O)C(=O)O.CCCCOC(=O)CCN(CCCC)CCCC. The Balaban J connectivity index is 0. The second-order valence-electron chi connectivity index (χ2n) is 5.89. The van der Waals surface area contributed by atoms with E-state index in [2.05, 4.69) is 25.7 Å². The molecule has 0 fully saturated rings. The zero-order valence-electron chi connectivity index (χ0n) is 15.9. The Morgan fingerprint density at radius 3 is 1.79 bits per heavy atom. The van der Waals surface area contributed by atoms with Crippen molar-refractivity contribution >= 4 is 11.9 Å². The summed E-state index contributed by atoms with van der Waals surface area (Å²) in [5.41, 5.74) is 0. The average Bonchev–Trinajstić information content (AvgIpc) is 2.55. The molecule has 0 aromatic rings. The molecule has 0 heterocycles. The number of aliphatic hydroxyl groups is 1. The van der Waals surface area contributed by atoms with E-state index in [4.69, 9.17) is 14.9 Å². The predicted octanol–water partition coefficient (Wildman–Crippen LogP) is 3.07. The molecule has 0 spiro atoms. The van der Waals surface area contributed by atoms with Crippen molar-refractivity contribution in [2.75, 3.05) is 26.2 Å². The molecule has 0 saturated carbocycles. The molecule has 0 aromatic carbocycles. The second kappa shape index (κ2) is 18.2. The highest BCUT2D eigenvalue weighted by Crippen LogP contribution is 2.01. The van der Waals surface area contributed by atoms with E-state index in [9.17, 15) is 9.59 Å². The Labute approximate surface area is 147 Å². The number of aliphatic carboxylic acids is 1. The molecule has 0 rings (SSSR count). The van der Waals surface area contributed by atoms with Crippen molar-refractivity contribution < 1.29 is 24.5 Å². The monoisotopic (exact) mass is 347 g/mol. The Bertz CT molecular complexity index is 300. The van der Waals surface area contributed by atoms with E-state index < -0.39 is 12.1 Å². The zero-order chi connectivity index (χ0) is 18.8. The van der Waals surface area contributed by atoms with Gasteiger partial charge < -0.3 is 19.8 Å². The van der Waals surface area contributed by atoms with Crippen LogP contribution in [0.1, 0.15) is 72.6 Å². The minimum absolute atomic E-state index is 0.0403. The van der Waals surface area contributed by atoms with Gasteiger partial charge in [0.05, 0.1) is 13.0 Å². The minimum Gasteiger partial charge on any atom is -0.479 e. The fourth-order valence-electron chi connectivity index (χ4n) is 1.75. The lowest BCUT2D eigenvalue weighted by Crippen LogP contribution is -2.29. The van der Waals surface area contributed by atoms with Crippen molar-refractivity contribution in [3.8, 4) is 0 Å². The summed E-state index contributed by atoms with van der Waals surface area (Å²) in [6.07, 6.45) is 6.21. The minimum atomic E-state index is -1.23. The van der Waals surface area contributed by atoms with Crippen molar-refractivity contribution in [1.82, 2.24) is 4.90 Å². The first-order valence-electron chi connectivity index (χ1n) is 9.17. The van der Waals surface area contributed by atoms with Crippen molar-refractivity contribution in [1.29, 1.82) is 0 Å². The van der Waals surface area contributed by atoms with Gasteiger partial charge >= 0.3 is 11.9 Å². The third-order valence-corrected chi connectivity index (χ3v) is 3.41. The van der Waals surface area contributed by atoms with Crippen LogP contribution in [0.2, 0.25) is 0 Å². The molecule has 0 aliphatic carbocycles. The van der Waals surface area contributed by atoms with Gasteiger partial charge in [-0.25, -0.2) is 4.79 Å². The lowest BCUT2D eigenvalue weighted by Gasteiger charge is -2.21. The van der Waals surface area contributed by atoms with E-state index in [-0.39, 0.29) is 5.97 Å². The number of aliphatic hydroxyl groups excluding tert-OH is 1. The largest absolute Gasteiger partial charge is 0.479 e. The molecule has 144 valence electrons. The molecule has 6 heteroatoms. The summed E-state index contributed by atoms with van der Waals surface area (Å²) in [7, 11) is 0. The standard InChI is InChI=1S/C15H31NO2.C3H6O3/c1-4-7-11-16(12-8-5-2)13-10-15(17)18-14-9-6-3;1-2(4)3(5)6/h4-14H2,1-3H3;2,4H,1H3,(H,5,6). The van der Waals surface area contributed by atoms with Gasteiger partial charge in [0, 0.05) is 6.54 Å². The maximum atomic E-state index is 11.5. The van der Waals surface area contributed by atoms with Gasteiger partial charge in [-0.1, -0.05) is 40.0 Å². The van der Waals surface area contributed by atoms with Crippen LogP contribution in [0.25, 0.3) is 0 Å². The number of carboxylic acids is 1. The van der Waals surface area contributed by atoms with Gasteiger partial charge in [-0.2, -0.15) is 0 Å². The van der Waals surface area contributed by atoms with Gasteiger partial charge in [0.25, 0.3) is 0 Å².